The molecule has 0 saturated carbocycles. The zero-order chi connectivity index (χ0) is 14.9. The van der Waals surface area contributed by atoms with Gasteiger partial charge in [0.2, 0.25) is 0 Å². The van der Waals surface area contributed by atoms with Gasteiger partial charge in [-0.15, -0.1) is 0 Å². The molecule has 0 atom stereocenters. The summed E-state index contributed by atoms with van der Waals surface area (Å²) in [5.41, 5.74) is 1.98. The third-order valence-corrected chi connectivity index (χ3v) is 3.64. The van der Waals surface area contributed by atoms with E-state index < -0.39 is 0 Å². The van der Waals surface area contributed by atoms with Crippen molar-refractivity contribution in [2.24, 2.45) is 0 Å². The maximum Gasteiger partial charge on any atom is 0.137 e. The molecule has 0 aliphatic rings. The van der Waals surface area contributed by atoms with E-state index >= 15 is 0 Å². The number of halogens is 2. The van der Waals surface area contributed by atoms with Gasteiger partial charge in [-0.05, 0) is 40.5 Å². The van der Waals surface area contributed by atoms with E-state index in [1.54, 1.807) is 6.07 Å². The number of rotatable bonds is 2. The second kappa shape index (κ2) is 5.70. The van der Waals surface area contributed by atoms with Gasteiger partial charge in [-0.25, -0.2) is 9.97 Å². The van der Waals surface area contributed by atoms with Gasteiger partial charge in [0.15, 0.2) is 0 Å². The average Bonchev–Trinajstić information content (AvgIpc) is 2.32. The molecule has 0 bridgehead atoms. The van der Waals surface area contributed by atoms with Crippen LogP contribution in [-0.2, 0) is 5.41 Å². The molecular weight excluding hydrogens is 338 g/mol. The van der Waals surface area contributed by atoms with Crippen molar-refractivity contribution in [3.8, 4) is 0 Å². The van der Waals surface area contributed by atoms with Gasteiger partial charge in [0.25, 0.3) is 0 Å². The average molecular weight is 355 g/mol. The van der Waals surface area contributed by atoms with Crippen LogP contribution in [0.3, 0.4) is 0 Å². The summed E-state index contributed by atoms with van der Waals surface area (Å²) >= 11 is 9.62. The molecule has 20 heavy (non-hydrogen) atoms. The van der Waals surface area contributed by atoms with E-state index in [1.165, 1.54) is 5.56 Å². The SMILES string of the molecule is Cc1ccc(Br)c(Nc2cc(Cl)nc(C(C)(C)C)n2)c1. The van der Waals surface area contributed by atoms with E-state index in [1.807, 2.05) is 19.1 Å². The molecule has 1 N–H and O–H groups in total. The molecule has 0 amide bonds. The van der Waals surface area contributed by atoms with Gasteiger partial charge < -0.3 is 5.32 Å². The summed E-state index contributed by atoms with van der Waals surface area (Å²) in [6.07, 6.45) is 0. The molecule has 1 aromatic heterocycles. The molecule has 1 aromatic carbocycles. The van der Waals surface area contributed by atoms with Crippen LogP contribution >= 0.6 is 27.5 Å². The van der Waals surface area contributed by atoms with Crippen LogP contribution in [0.25, 0.3) is 0 Å². The van der Waals surface area contributed by atoms with Crippen LogP contribution in [-0.4, -0.2) is 9.97 Å². The number of nitrogens with zero attached hydrogens (tertiary/aromatic N) is 2. The number of aromatic nitrogens is 2. The maximum atomic E-state index is 6.09. The second-order valence-electron chi connectivity index (χ2n) is 5.76. The fourth-order valence-corrected chi connectivity index (χ4v) is 2.22. The topological polar surface area (TPSA) is 37.8 Å². The zero-order valence-electron chi connectivity index (χ0n) is 12.0. The normalized spacial score (nSPS) is 11.5. The molecule has 0 radical (unpaired) electrons. The standard InChI is InChI=1S/C15H17BrClN3/c1-9-5-6-10(16)11(7-9)18-13-8-12(17)19-14(20-13)15(2,3)4/h5-8H,1-4H3,(H,18,19,20). The molecule has 0 saturated heterocycles. The van der Waals surface area contributed by atoms with Crippen molar-refractivity contribution in [1.82, 2.24) is 9.97 Å². The van der Waals surface area contributed by atoms with E-state index in [4.69, 9.17) is 11.6 Å². The lowest BCUT2D eigenvalue weighted by atomic mass is 9.96. The fourth-order valence-electron chi connectivity index (χ4n) is 1.69. The molecule has 106 valence electrons. The van der Waals surface area contributed by atoms with Gasteiger partial charge >= 0.3 is 0 Å². The second-order valence-corrected chi connectivity index (χ2v) is 7.00. The lowest BCUT2D eigenvalue weighted by molar-refractivity contribution is 0.546. The van der Waals surface area contributed by atoms with E-state index in [9.17, 15) is 0 Å². The minimum atomic E-state index is -0.148. The predicted octanol–water partition coefficient (Wildman–Crippen LogP) is 5.24. The minimum Gasteiger partial charge on any atom is -0.339 e. The fraction of sp³-hybridized carbons (Fsp3) is 0.333. The first-order valence-corrected chi connectivity index (χ1v) is 7.51. The largest absolute Gasteiger partial charge is 0.339 e. The number of anilines is 2. The molecule has 2 aromatic rings. The van der Waals surface area contributed by atoms with Crippen molar-refractivity contribution in [3.05, 3.63) is 45.3 Å². The van der Waals surface area contributed by atoms with E-state index in [0.29, 0.717) is 11.0 Å². The highest BCUT2D eigenvalue weighted by Gasteiger charge is 2.19. The molecule has 2 rings (SSSR count). The van der Waals surface area contributed by atoms with Gasteiger partial charge in [0.1, 0.15) is 16.8 Å². The van der Waals surface area contributed by atoms with Crippen molar-refractivity contribution in [3.63, 3.8) is 0 Å². The Morgan fingerprint density at radius 1 is 1.15 bits per heavy atom. The minimum absolute atomic E-state index is 0.148. The van der Waals surface area contributed by atoms with E-state index in [0.717, 1.165) is 16.0 Å². The summed E-state index contributed by atoms with van der Waals surface area (Å²) in [6.45, 7) is 8.23. The van der Waals surface area contributed by atoms with Crippen LogP contribution in [0.15, 0.2) is 28.7 Å². The van der Waals surface area contributed by atoms with Crippen molar-refractivity contribution in [1.29, 1.82) is 0 Å². The molecule has 1 heterocycles. The smallest absolute Gasteiger partial charge is 0.137 e. The van der Waals surface area contributed by atoms with Gasteiger partial charge in [-0.3, -0.25) is 0 Å². The van der Waals surface area contributed by atoms with E-state index in [-0.39, 0.29) is 5.41 Å². The van der Waals surface area contributed by atoms with Gasteiger partial charge in [-0.1, -0.05) is 38.4 Å². The van der Waals surface area contributed by atoms with Crippen LogP contribution in [0.4, 0.5) is 11.5 Å². The van der Waals surface area contributed by atoms with Crippen molar-refractivity contribution in [2.45, 2.75) is 33.1 Å². The Morgan fingerprint density at radius 3 is 2.50 bits per heavy atom. The first kappa shape index (κ1) is 15.3. The first-order valence-electron chi connectivity index (χ1n) is 6.34. The molecule has 0 aliphatic carbocycles. The summed E-state index contributed by atoms with van der Waals surface area (Å²) in [5, 5.41) is 3.72. The molecule has 3 nitrogen and oxygen atoms in total. The van der Waals surface area contributed by atoms with Gasteiger partial charge in [0, 0.05) is 16.0 Å². The number of hydrogen-bond donors (Lipinski definition) is 1. The van der Waals surface area contributed by atoms with Gasteiger partial charge in [-0.2, -0.15) is 0 Å². The summed E-state index contributed by atoms with van der Waals surface area (Å²) < 4.78 is 0.982. The summed E-state index contributed by atoms with van der Waals surface area (Å²) in [6, 6.07) is 7.83. The molecular formula is C15H17BrClN3. The van der Waals surface area contributed by atoms with Crippen molar-refractivity contribution >= 4 is 39.0 Å². The highest BCUT2D eigenvalue weighted by atomic mass is 79.9. The van der Waals surface area contributed by atoms with Crippen LogP contribution in [0.5, 0.6) is 0 Å². The number of nitrogens with one attached hydrogen (secondary N) is 1. The Balaban J connectivity index is 2.39. The Hall–Kier alpha value is -1.13. The van der Waals surface area contributed by atoms with Crippen molar-refractivity contribution in [2.75, 3.05) is 5.32 Å². The molecule has 0 aliphatic heterocycles. The quantitative estimate of drug-likeness (QED) is 0.749. The molecule has 0 fully saturated rings. The van der Waals surface area contributed by atoms with Crippen LogP contribution in [0.2, 0.25) is 5.15 Å². The highest BCUT2D eigenvalue weighted by molar-refractivity contribution is 9.10. The van der Waals surface area contributed by atoms with E-state index in [2.05, 4.69) is 58.1 Å². The zero-order valence-corrected chi connectivity index (χ0v) is 14.3. The van der Waals surface area contributed by atoms with Crippen molar-refractivity contribution < 1.29 is 0 Å². The number of hydrogen-bond acceptors (Lipinski definition) is 3. The van der Waals surface area contributed by atoms with Gasteiger partial charge in [0.05, 0.1) is 5.69 Å². The summed E-state index contributed by atoms with van der Waals surface area (Å²) in [4.78, 5) is 8.83. The predicted molar refractivity (Wildman–Crippen MR) is 87.9 cm³/mol. The van der Waals surface area contributed by atoms with Crippen LogP contribution in [0, 0.1) is 6.92 Å². The summed E-state index contributed by atoms with van der Waals surface area (Å²) in [5.74, 6) is 1.41. The third kappa shape index (κ3) is 3.70. The molecule has 0 spiro atoms. The van der Waals surface area contributed by atoms with Crippen LogP contribution < -0.4 is 5.32 Å². The summed E-state index contributed by atoms with van der Waals surface area (Å²) in [7, 11) is 0. The number of benzene rings is 1. The Bertz CT molecular complexity index is 636. The Kier molecular flexibility index (Phi) is 4.35. The Labute approximate surface area is 132 Å². The van der Waals surface area contributed by atoms with Crippen LogP contribution in [0.1, 0.15) is 32.2 Å². The number of aryl methyl sites for hydroxylation is 1. The maximum absolute atomic E-state index is 6.09. The highest BCUT2D eigenvalue weighted by Crippen LogP contribution is 2.28. The Morgan fingerprint density at radius 2 is 1.85 bits per heavy atom. The first-order chi connectivity index (χ1) is 9.25. The lowest BCUT2D eigenvalue weighted by Gasteiger charge is -2.18. The monoisotopic (exact) mass is 353 g/mol. The lowest BCUT2D eigenvalue weighted by Crippen LogP contribution is -2.16. The third-order valence-electron chi connectivity index (χ3n) is 2.75. The molecule has 5 heteroatoms. The molecule has 0 unspecified atom stereocenters.